The average Bonchev–Trinajstić information content (AvgIpc) is 3.66. The second kappa shape index (κ2) is 14.3. The molecule has 0 radical (unpaired) electrons. The van der Waals surface area contributed by atoms with E-state index in [2.05, 4.69) is 30.9 Å². The van der Waals surface area contributed by atoms with Gasteiger partial charge in [-0.1, -0.05) is 30.3 Å². The molecule has 5 atom stereocenters. The van der Waals surface area contributed by atoms with E-state index < -0.39 is 54.0 Å². The Balaban J connectivity index is 1.52. The third-order valence-corrected chi connectivity index (χ3v) is 7.12. The average molecular weight is 606 g/mol. The molecule has 10 N–H and O–H groups in total. The monoisotopic (exact) mass is 605 g/mol. The number of carbonyl (C=O) groups is 4. The highest BCUT2D eigenvalue weighted by molar-refractivity contribution is 5.95. The van der Waals surface area contributed by atoms with Crippen LogP contribution in [0.5, 0.6) is 5.75 Å². The highest BCUT2D eigenvalue weighted by Gasteiger charge is 2.33. The number of phenolic OH excluding ortho intramolecular Hbond substituents is 1. The van der Waals surface area contributed by atoms with E-state index in [0.29, 0.717) is 16.8 Å². The molecule has 0 saturated heterocycles. The molecule has 14 nitrogen and oxygen atoms in total. The predicted octanol–water partition coefficient (Wildman–Crippen LogP) is -0.128. The fourth-order valence-corrected chi connectivity index (χ4v) is 4.72. The number of aliphatic hydroxyl groups excluding tert-OH is 1. The summed E-state index contributed by atoms with van der Waals surface area (Å²) in [5.41, 5.74) is 8.83. The number of amides is 3. The van der Waals surface area contributed by atoms with E-state index in [0.717, 1.165) is 10.9 Å². The van der Waals surface area contributed by atoms with Crippen molar-refractivity contribution >= 4 is 34.6 Å². The molecular weight excluding hydrogens is 570 g/mol. The number of nitrogens with one attached hydrogen (secondary N) is 5. The second-order valence-corrected chi connectivity index (χ2v) is 10.5. The topological polar surface area (TPSA) is 236 Å². The van der Waals surface area contributed by atoms with Crippen LogP contribution in [0.25, 0.3) is 10.9 Å². The van der Waals surface area contributed by atoms with Crippen molar-refractivity contribution in [3.8, 4) is 5.75 Å². The molecule has 2 aromatic carbocycles. The first kappa shape index (κ1) is 31.7. The molecule has 0 aliphatic heterocycles. The highest BCUT2D eigenvalue weighted by Crippen LogP contribution is 2.19. The summed E-state index contributed by atoms with van der Waals surface area (Å²) in [7, 11) is 0. The molecule has 4 rings (SSSR count). The van der Waals surface area contributed by atoms with E-state index in [-0.39, 0.29) is 25.0 Å². The SMILES string of the molecule is CC(O)C(NC(=O)C(Cc1c[nH]c2ccccc12)NC(=O)C(N)Cc1ccc(O)cc1)C(=O)NC(Cc1cnc[nH]1)C(=O)O. The zero-order valence-electron chi connectivity index (χ0n) is 23.9. The van der Waals surface area contributed by atoms with Gasteiger partial charge in [0.15, 0.2) is 0 Å². The smallest absolute Gasteiger partial charge is 0.326 e. The predicted molar refractivity (Wildman–Crippen MR) is 159 cm³/mol. The Morgan fingerprint density at radius 3 is 2.25 bits per heavy atom. The summed E-state index contributed by atoms with van der Waals surface area (Å²) < 4.78 is 0. The number of imidazole rings is 1. The minimum atomic E-state index is -1.54. The maximum absolute atomic E-state index is 13.6. The number of nitrogens with zero attached hydrogens (tertiary/aromatic N) is 1. The van der Waals surface area contributed by atoms with Gasteiger partial charge >= 0.3 is 5.97 Å². The van der Waals surface area contributed by atoms with Crippen molar-refractivity contribution in [1.82, 2.24) is 30.9 Å². The van der Waals surface area contributed by atoms with E-state index in [1.165, 1.54) is 31.6 Å². The zero-order chi connectivity index (χ0) is 31.8. The number of nitrogens with two attached hydrogens (primary N) is 1. The lowest BCUT2D eigenvalue weighted by Crippen LogP contribution is -2.60. The number of carbonyl (C=O) groups excluding carboxylic acids is 3. The molecule has 0 aliphatic rings. The van der Waals surface area contributed by atoms with E-state index in [1.807, 2.05) is 24.3 Å². The summed E-state index contributed by atoms with van der Waals surface area (Å²) >= 11 is 0. The maximum Gasteiger partial charge on any atom is 0.326 e. The number of aromatic nitrogens is 3. The molecule has 0 bridgehead atoms. The van der Waals surface area contributed by atoms with Gasteiger partial charge in [-0.15, -0.1) is 0 Å². The molecule has 2 heterocycles. The fourth-order valence-electron chi connectivity index (χ4n) is 4.72. The number of hydrogen-bond donors (Lipinski definition) is 9. The number of benzene rings is 2. The van der Waals surface area contributed by atoms with Crippen LogP contribution in [-0.2, 0) is 38.4 Å². The number of aliphatic carboxylic acids is 1. The number of para-hydroxylation sites is 1. The number of aromatic hydroxyl groups is 1. The Bertz CT molecular complexity index is 1580. The van der Waals surface area contributed by atoms with Gasteiger partial charge in [0.2, 0.25) is 17.7 Å². The molecule has 14 heteroatoms. The van der Waals surface area contributed by atoms with Crippen molar-refractivity contribution in [2.45, 2.75) is 56.5 Å². The standard InChI is InChI=1S/C30H35N7O7/c1-16(38)26(29(42)36-25(30(43)44)12-19-14-32-15-34-19)37-28(41)24(11-18-13-33-23-5-3-2-4-21(18)23)35-27(40)22(31)10-17-6-8-20(39)9-7-17/h2-9,13-16,22,24-26,33,38-39H,10-12,31H2,1H3,(H,32,34)(H,35,40)(H,36,42)(H,37,41)(H,43,44). The van der Waals surface area contributed by atoms with Crippen LogP contribution in [0.1, 0.15) is 23.7 Å². The summed E-state index contributed by atoms with van der Waals surface area (Å²) in [4.78, 5) is 61.5. The zero-order valence-corrected chi connectivity index (χ0v) is 23.9. The van der Waals surface area contributed by atoms with E-state index in [4.69, 9.17) is 5.73 Å². The van der Waals surface area contributed by atoms with Crippen molar-refractivity contribution in [3.63, 3.8) is 0 Å². The van der Waals surface area contributed by atoms with Gasteiger partial charge in [-0.05, 0) is 42.7 Å². The molecule has 2 aromatic heterocycles. The number of hydrogen-bond acceptors (Lipinski definition) is 8. The molecule has 3 amide bonds. The maximum atomic E-state index is 13.6. The second-order valence-electron chi connectivity index (χ2n) is 10.5. The molecule has 44 heavy (non-hydrogen) atoms. The van der Waals surface area contributed by atoms with Gasteiger partial charge in [0.25, 0.3) is 0 Å². The molecule has 0 aliphatic carbocycles. The lowest BCUT2D eigenvalue weighted by atomic mass is 10.0. The van der Waals surface area contributed by atoms with E-state index in [9.17, 15) is 34.5 Å². The van der Waals surface area contributed by atoms with Gasteiger partial charge in [-0.25, -0.2) is 9.78 Å². The van der Waals surface area contributed by atoms with Gasteiger partial charge in [-0.3, -0.25) is 14.4 Å². The number of aromatic amines is 2. The minimum absolute atomic E-state index is 0.0131. The summed E-state index contributed by atoms with van der Waals surface area (Å²) in [5, 5.41) is 37.9. The molecule has 232 valence electrons. The number of aliphatic hydroxyl groups is 1. The van der Waals surface area contributed by atoms with Gasteiger partial charge in [0.1, 0.15) is 23.9 Å². The number of H-pyrrole nitrogens is 2. The number of rotatable bonds is 14. The van der Waals surface area contributed by atoms with Crippen LogP contribution in [0.3, 0.4) is 0 Å². The fraction of sp³-hybridized carbons (Fsp3) is 0.300. The lowest BCUT2D eigenvalue weighted by molar-refractivity contribution is -0.143. The van der Waals surface area contributed by atoms with Gasteiger partial charge in [0, 0.05) is 41.8 Å². The van der Waals surface area contributed by atoms with E-state index >= 15 is 0 Å². The van der Waals surface area contributed by atoms with Crippen LogP contribution >= 0.6 is 0 Å². The summed E-state index contributed by atoms with van der Waals surface area (Å²) in [6.45, 7) is 1.27. The molecule has 0 saturated carbocycles. The van der Waals surface area contributed by atoms with Crippen LogP contribution in [0, 0.1) is 0 Å². The van der Waals surface area contributed by atoms with Crippen LogP contribution in [0.4, 0.5) is 0 Å². The first-order valence-corrected chi connectivity index (χ1v) is 13.9. The van der Waals surface area contributed by atoms with Gasteiger partial charge in [-0.2, -0.15) is 0 Å². The summed E-state index contributed by atoms with van der Waals surface area (Å²) in [5.74, 6) is -3.62. The number of carboxylic acids is 1. The van der Waals surface area contributed by atoms with Crippen LogP contribution in [-0.4, -0.2) is 84.2 Å². The van der Waals surface area contributed by atoms with Crippen molar-refractivity contribution in [1.29, 1.82) is 0 Å². The quantitative estimate of drug-likeness (QED) is 0.0929. The van der Waals surface area contributed by atoms with Crippen LogP contribution in [0.2, 0.25) is 0 Å². The molecule has 5 unspecified atom stereocenters. The Labute approximate surface area is 252 Å². The lowest BCUT2D eigenvalue weighted by Gasteiger charge is -2.26. The number of phenols is 1. The van der Waals surface area contributed by atoms with Crippen molar-refractivity contribution in [3.05, 3.63) is 84.1 Å². The van der Waals surface area contributed by atoms with Gasteiger partial charge in [0.05, 0.1) is 18.5 Å². The molecule has 4 aromatic rings. The third kappa shape index (κ3) is 8.20. The van der Waals surface area contributed by atoms with Crippen LogP contribution < -0.4 is 21.7 Å². The number of carboxylic acid groups (broad SMARTS) is 1. The number of fused-ring (bicyclic) bond motifs is 1. The molecule has 0 fully saturated rings. The normalized spacial score (nSPS) is 14.6. The van der Waals surface area contributed by atoms with Crippen molar-refractivity contribution in [2.24, 2.45) is 5.73 Å². The van der Waals surface area contributed by atoms with E-state index in [1.54, 1.807) is 18.3 Å². The first-order chi connectivity index (χ1) is 21.0. The molecular formula is C30H35N7O7. The first-order valence-electron chi connectivity index (χ1n) is 13.9. The minimum Gasteiger partial charge on any atom is -0.508 e. The Kier molecular flexibility index (Phi) is 10.3. The Morgan fingerprint density at radius 2 is 1.59 bits per heavy atom. The summed E-state index contributed by atoms with van der Waals surface area (Å²) in [6.07, 6.45) is 3.10. The highest BCUT2D eigenvalue weighted by atomic mass is 16.4. The van der Waals surface area contributed by atoms with Crippen molar-refractivity contribution < 1.29 is 34.5 Å². The Morgan fingerprint density at radius 1 is 0.886 bits per heavy atom. The summed E-state index contributed by atoms with van der Waals surface area (Å²) in [6, 6.07) is 8.40. The molecule has 0 spiro atoms. The van der Waals surface area contributed by atoms with Gasteiger partial charge < -0.3 is 47.0 Å². The largest absolute Gasteiger partial charge is 0.508 e. The third-order valence-electron chi connectivity index (χ3n) is 7.12. The van der Waals surface area contributed by atoms with Crippen molar-refractivity contribution in [2.75, 3.05) is 0 Å². The van der Waals surface area contributed by atoms with Crippen LogP contribution in [0.15, 0.2) is 67.3 Å². The Hall–Kier alpha value is -5.21.